The molecule has 0 aliphatic carbocycles. The number of aromatic nitrogens is 1. The first-order valence-corrected chi connectivity index (χ1v) is 8.50. The minimum Gasteiger partial charge on any atom is -0.345 e. The van der Waals surface area contributed by atoms with Gasteiger partial charge in [0, 0.05) is 42.3 Å². The first kappa shape index (κ1) is 15.7. The van der Waals surface area contributed by atoms with Crippen molar-refractivity contribution in [3.63, 3.8) is 0 Å². The van der Waals surface area contributed by atoms with Crippen LogP contribution in [0.5, 0.6) is 0 Å². The van der Waals surface area contributed by atoms with E-state index in [2.05, 4.69) is 54.8 Å². The van der Waals surface area contributed by atoms with Crippen LogP contribution in [0.1, 0.15) is 45.0 Å². The predicted molar refractivity (Wildman–Crippen MR) is 87.7 cm³/mol. The molecule has 1 N–H and O–H groups in total. The first-order chi connectivity index (χ1) is 9.52. The zero-order valence-electron chi connectivity index (χ0n) is 13.4. The molecule has 0 radical (unpaired) electrons. The van der Waals surface area contributed by atoms with Crippen LogP contribution in [0.3, 0.4) is 0 Å². The Labute approximate surface area is 127 Å². The summed E-state index contributed by atoms with van der Waals surface area (Å²) in [6, 6.07) is 1.58. The van der Waals surface area contributed by atoms with Gasteiger partial charge in [-0.2, -0.15) is 0 Å². The maximum atomic E-state index is 4.65. The lowest BCUT2D eigenvalue weighted by Gasteiger charge is -2.42. The molecule has 0 amide bonds. The molecule has 1 fully saturated rings. The zero-order valence-corrected chi connectivity index (χ0v) is 14.2. The van der Waals surface area contributed by atoms with Gasteiger partial charge in [-0.1, -0.05) is 6.92 Å². The van der Waals surface area contributed by atoms with E-state index in [9.17, 15) is 0 Å². The molecule has 1 aliphatic heterocycles. The molecular formula is C15H28N4S. The second-order valence-corrected chi connectivity index (χ2v) is 7.03. The van der Waals surface area contributed by atoms with Crippen molar-refractivity contribution < 1.29 is 0 Å². The molecule has 20 heavy (non-hydrogen) atoms. The summed E-state index contributed by atoms with van der Waals surface area (Å²) in [5, 5.41) is 4.71. The second-order valence-electron chi connectivity index (χ2n) is 5.99. The monoisotopic (exact) mass is 296 g/mol. The maximum absolute atomic E-state index is 4.65. The third kappa shape index (κ3) is 3.51. The molecule has 1 aliphatic rings. The summed E-state index contributed by atoms with van der Waals surface area (Å²) in [4.78, 5) is 10.9. The Balaban J connectivity index is 2.01. The SMILES string of the molecule is CCCNC(C)c1cnc(N2CC(C)N(C)C(C)C2)s1. The number of likely N-dealkylation sites (N-methyl/N-ethyl adjacent to an activating group) is 1. The summed E-state index contributed by atoms with van der Waals surface area (Å²) in [5.41, 5.74) is 0. The van der Waals surface area contributed by atoms with Gasteiger partial charge in [-0.15, -0.1) is 11.3 Å². The summed E-state index contributed by atoms with van der Waals surface area (Å²) in [5.74, 6) is 0. The quantitative estimate of drug-likeness (QED) is 0.905. The first-order valence-electron chi connectivity index (χ1n) is 7.68. The Hall–Kier alpha value is -0.650. The molecule has 0 aromatic carbocycles. The Bertz CT molecular complexity index is 408. The summed E-state index contributed by atoms with van der Waals surface area (Å²) < 4.78 is 0. The molecule has 0 spiro atoms. The van der Waals surface area contributed by atoms with Gasteiger partial charge in [0.15, 0.2) is 5.13 Å². The Morgan fingerprint density at radius 1 is 1.40 bits per heavy atom. The number of rotatable bonds is 5. The number of hydrogen-bond donors (Lipinski definition) is 1. The van der Waals surface area contributed by atoms with E-state index in [1.165, 1.54) is 16.4 Å². The number of nitrogens with one attached hydrogen (secondary N) is 1. The van der Waals surface area contributed by atoms with Gasteiger partial charge in [0.25, 0.3) is 0 Å². The van der Waals surface area contributed by atoms with Crippen LogP contribution in [0, 0.1) is 0 Å². The predicted octanol–water partition coefficient (Wildman–Crippen LogP) is 2.73. The molecule has 0 bridgehead atoms. The van der Waals surface area contributed by atoms with E-state index in [1.54, 1.807) is 0 Å². The average molecular weight is 296 g/mol. The number of nitrogens with zero attached hydrogens (tertiary/aromatic N) is 3. The molecular weight excluding hydrogens is 268 g/mol. The van der Waals surface area contributed by atoms with Crippen LogP contribution in [-0.2, 0) is 0 Å². The van der Waals surface area contributed by atoms with Gasteiger partial charge in [-0.05, 0) is 40.8 Å². The summed E-state index contributed by atoms with van der Waals surface area (Å²) >= 11 is 1.84. The number of hydrogen-bond acceptors (Lipinski definition) is 5. The summed E-state index contributed by atoms with van der Waals surface area (Å²) in [6.07, 6.45) is 3.21. The van der Waals surface area contributed by atoms with Gasteiger partial charge in [-0.3, -0.25) is 4.90 Å². The van der Waals surface area contributed by atoms with Crippen molar-refractivity contribution in [3.05, 3.63) is 11.1 Å². The lowest BCUT2D eigenvalue weighted by molar-refractivity contribution is 0.170. The van der Waals surface area contributed by atoms with Gasteiger partial charge in [-0.25, -0.2) is 4.98 Å². The van der Waals surface area contributed by atoms with Crippen molar-refractivity contribution in [1.82, 2.24) is 15.2 Å². The van der Waals surface area contributed by atoms with E-state index in [1.807, 2.05) is 17.5 Å². The fourth-order valence-corrected chi connectivity index (χ4v) is 3.61. The van der Waals surface area contributed by atoms with Gasteiger partial charge in [0.2, 0.25) is 0 Å². The van der Waals surface area contributed by atoms with Crippen LogP contribution in [0.15, 0.2) is 6.20 Å². The van der Waals surface area contributed by atoms with E-state index in [0.717, 1.165) is 19.6 Å². The number of thiazole rings is 1. The highest BCUT2D eigenvalue weighted by Gasteiger charge is 2.28. The van der Waals surface area contributed by atoms with Crippen molar-refractivity contribution in [1.29, 1.82) is 0 Å². The fourth-order valence-electron chi connectivity index (χ4n) is 2.65. The number of anilines is 1. The van der Waals surface area contributed by atoms with Gasteiger partial charge >= 0.3 is 0 Å². The number of piperazine rings is 1. The second kappa shape index (κ2) is 6.87. The highest BCUT2D eigenvalue weighted by atomic mass is 32.1. The van der Waals surface area contributed by atoms with Crippen molar-refractivity contribution in [3.8, 4) is 0 Å². The highest BCUT2D eigenvalue weighted by molar-refractivity contribution is 7.15. The molecule has 3 atom stereocenters. The standard InChI is InChI=1S/C15H28N4S/c1-6-7-16-13(4)14-8-17-15(20-14)19-9-11(2)18(5)12(3)10-19/h8,11-13,16H,6-7,9-10H2,1-5H3. The molecule has 4 nitrogen and oxygen atoms in total. The molecule has 5 heteroatoms. The Morgan fingerprint density at radius 3 is 2.65 bits per heavy atom. The van der Waals surface area contributed by atoms with Crippen LogP contribution in [0.2, 0.25) is 0 Å². The topological polar surface area (TPSA) is 31.4 Å². The van der Waals surface area contributed by atoms with Crippen LogP contribution >= 0.6 is 11.3 Å². The Morgan fingerprint density at radius 2 is 2.05 bits per heavy atom. The minimum atomic E-state index is 0.406. The summed E-state index contributed by atoms with van der Waals surface area (Å²) in [7, 11) is 2.22. The third-order valence-corrected chi connectivity index (χ3v) is 5.51. The van der Waals surface area contributed by atoms with Crippen LogP contribution in [0.25, 0.3) is 0 Å². The molecule has 1 saturated heterocycles. The lowest BCUT2D eigenvalue weighted by atomic mass is 10.1. The van der Waals surface area contributed by atoms with Gasteiger partial charge in [0.1, 0.15) is 0 Å². The van der Waals surface area contributed by atoms with Crippen LogP contribution in [0.4, 0.5) is 5.13 Å². The summed E-state index contributed by atoms with van der Waals surface area (Å²) in [6.45, 7) is 12.2. The van der Waals surface area contributed by atoms with Gasteiger partial charge in [0.05, 0.1) is 0 Å². The Kier molecular flexibility index (Phi) is 5.41. The van der Waals surface area contributed by atoms with E-state index < -0.39 is 0 Å². The normalized spacial score (nSPS) is 25.9. The fraction of sp³-hybridized carbons (Fsp3) is 0.800. The zero-order chi connectivity index (χ0) is 14.7. The van der Waals surface area contributed by atoms with E-state index in [-0.39, 0.29) is 0 Å². The van der Waals surface area contributed by atoms with Gasteiger partial charge < -0.3 is 10.2 Å². The smallest absolute Gasteiger partial charge is 0.185 e. The van der Waals surface area contributed by atoms with Crippen LogP contribution in [-0.4, -0.2) is 48.6 Å². The van der Waals surface area contributed by atoms with Crippen molar-refractivity contribution in [2.24, 2.45) is 0 Å². The van der Waals surface area contributed by atoms with Crippen molar-refractivity contribution in [2.45, 2.75) is 52.2 Å². The van der Waals surface area contributed by atoms with Crippen LogP contribution < -0.4 is 10.2 Å². The minimum absolute atomic E-state index is 0.406. The van der Waals surface area contributed by atoms with Crippen molar-refractivity contribution >= 4 is 16.5 Å². The molecule has 2 heterocycles. The largest absolute Gasteiger partial charge is 0.345 e. The molecule has 3 unspecified atom stereocenters. The molecule has 0 saturated carbocycles. The third-order valence-electron chi connectivity index (χ3n) is 4.27. The molecule has 1 aromatic rings. The molecule has 1 aromatic heterocycles. The van der Waals surface area contributed by atoms with E-state index >= 15 is 0 Å². The van der Waals surface area contributed by atoms with Crippen molar-refractivity contribution in [2.75, 3.05) is 31.6 Å². The maximum Gasteiger partial charge on any atom is 0.185 e. The average Bonchev–Trinajstić information content (AvgIpc) is 2.91. The molecule has 114 valence electrons. The van der Waals surface area contributed by atoms with E-state index in [0.29, 0.717) is 18.1 Å². The molecule has 2 rings (SSSR count). The highest BCUT2D eigenvalue weighted by Crippen LogP contribution is 2.29. The van der Waals surface area contributed by atoms with E-state index in [4.69, 9.17) is 0 Å². The lowest BCUT2D eigenvalue weighted by Crippen LogP contribution is -2.55.